The van der Waals surface area contributed by atoms with Crippen LogP contribution in [0.15, 0.2) is 24.3 Å². The predicted molar refractivity (Wildman–Crippen MR) is 68.5 cm³/mol. The molecule has 0 aliphatic carbocycles. The van der Waals surface area contributed by atoms with Gasteiger partial charge in [0, 0.05) is 0 Å². The Bertz CT molecular complexity index is 283. The minimum absolute atomic E-state index is 0.270. The lowest BCUT2D eigenvalue weighted by molar-refractivity contribution is 0.588. The minimum atomic E-state index is 0.270. The van der Waals surface area contributed by atoms with Crippen LogP contribution in [0, 0.1) is 0 Å². The second kappa shape index (κ2) is 4.83. The van der Waals surface area contributed by atoms with Crippen LogP contribution >= 0.6 is 0 Å². The maximum Gasteiger partial charge on any atom is -0.0132 e. The highest BCUT2D eigenvalue weighted by Gasteiger charge is 2.14. The summed E-state index contributed by atoms with van der Waals surface area (Å²) in [4.78, 5) is 0. The third-order valence-electron chi connectivity index (χ3n) is 3.23. The van der Waals surface area contributed by atoms with E-state index in [9.17, 15) is 0 Å². The summed E-state index contributed by atoms with van der Waals surface area (Å²) >= 11 is 0. The molecule has 0 unspecified atom stereocenters. The molecule has 0 heterocycles. The molecule has 0 amide bonds. The first kappa shape index (κ1) is 12.3. The second-order valence-electron chi connectivity index (χ2n) is 5.39. The number of hydrogen-bond donors (Lipinski definition) is 0. The Morgan fingerprint density at radius 1 is 0.933 bits per heavy atom. The van der Waals surface area contributed by atoms with E-state index >= 15 is 0 Å². The highest BCUT2D eigenvalue weighted by Crippen LogP contribution is 2.27. The fourth-order valence-corrected chi connectivity index (χ4v) is 2.02. The largest absolute Gasteiger partial charge is 0.0648 e. The average Bonchev–Trinajstić information content (AvgIpc) is 2.19. The van der Waals surface area contributed by atoms with Gasteiger partial charge in [-0.1, -0.05) is 58.9 Å². The Balaban J connectivity index is 2.89. The van der Waals surface area contributed by atoms with Crippen LogP contribution in [0.3, 0.4) is 0 Å². The first-order valence-corrected chi connectivity index (χ1v) is 6.09. The number of rotatable bonds is 3. The Hall–Kier alpha value is -0.780. The van der Waals surface area contributed by atoms with Crippen molar-refractivity contribution in [3.8, 4) is 0 Å². The fourth-order valence-electron chi connectivity index (χ4n) is 2.02. The van der Waals surface area contributed by atoms with Crippen LogP contribution in [0.2, 0.25) is 0 Å². The van der Waals surface area contributed by atoms with Gasteiger partial charge in [0.15, 0.2) is 0 Å². The summed E-state index contributed by atoms with van der Waals surface area (Å²) < 4.78 is 0. The van der Waals surface area contributed by atoms with Gasteiger partial charge in [-0.15, -0.1) is 0 Å². The quantitative estimate of drug-likeness (QED) is 0.657. The van der Waals surface area contributed by atoms with Gasteiger partial charge in [0.2, 0.25) is 0 Å². The van der Waals surface area contributed by atoms with Crippen LogP contribution in [0.25, 0.3) is 0 Å². The van der Waals surface area contributed by atoms with Crippen LogP contribution in [0.1, 0.15) is 64.5 Å². The van der Waals surface area contributed by atoms with Crippen molar-refractivity contribution in [2.45, 2.75) is 58.8 Å². The lowest BCUT2D eigenvalue weighted by Gasteiger charge is -2.20. The molecule has 0 spiro atoms. The van der Waals surface area contributed by atoms with Crippen LogP contribution in [0.4, 0.5) is 0 Å². The van der Waals surface area contributed by atoms with E-state index in [1.54, 1.807) is 0 Å². The SMILES string of the molecule is CCC(CC)c1ccc(C(C)(C)C)cc1. The molecule has 15 heavy (non-hydrogen) atoms. The van der Waals surface area contributed by atoms with Gasteiger partial charge in [0.25, 0.3) is 0 Å². The Kier molecular flexibility index (Phi) is 3.96. The molecular formula is C15H24. The molecule has 0 saturated carbocycles. The molecule has 1 aromatic rings. The van der Waals surface area contributed by atoms with Crippen LogP contribution in [0.5, 0.6) is 0 Å². The monoisotopic (exact) mass is 204 g/mol. The third kappa shape index (κ3) is 3.09. The first-order valence-electron chi connectivity index (χ1n) is 6.09. The molecule has 0 heteroatoms. The summed E-state index contributed by atoms with van der Waals surface area (Å²) in [6, 6.07) is 9.18. The van der Waals surface area contributed by atoms with E-state index in [0.717, 1.165) is 5.92 Å². The van der Waals surface area contributed by atoms with Gasteiger partial charge in [-0.05, 0) is 35.3 Å². The normalized spacial score (nSPS) is 12.1. The minimum Gasteiger partial charge on any atom is -0.0648 e. The molecule has 0 N–H and O–H groups in total. The summed E-state index contributed by atoms with van der Waals surface area (Å²) in [5.74, 6) is 0.735. The summed E-state index contributed by atoms with van der Waals surface area (Å²) in [6.45, 7) is 11.3. The maximum absolute atomic E-state index is 2.30. The molecule has 0 bridgehead atoms. The highest BCUT2D eigenvalue weighted by atomic mass is 14.2. The zero-order valence-corrected chi connectivity index (χ0v) is 10.8. The predicted octanol–water partition coefficient (Wildman–Crippen LogP) is 4.89. The molecule has 0 aromatic heterocycles. The molecule has 0 saturated heterocycles. The molecule has 0 aliphatic rings. The molecule has 84 valence electrons. The molecule has 0 nitrogen and oxygen atoms in total. The van der Waals surface area contributed by atoms with Crippen molar-refractivity contribution in [1.29, 1.82) is 0 Å². The number of hydrogen-bond acceptors (Lipinski definition) is 0. The van der Waals surface area contributed by atoms with Crippen molar-refractivity contribution in [3.05, 3.63) is 35.4 Å². The van der Waals surface area contributed by atoms with Gasteiger partial charge < -0.3 is 0 Å². The lowest BCUT2D eigenvalue weighted by atomic mass is 9.85. The van der Waals surface area contributed by atoms with Gasteiger partial charge in [0.05, 0.1) is 0 Å². The maximum atomic E-state index is 2.30. The summed E-state index contributed by atoms with van der Waals surface area (Å²) in [6.07, 6.45) is 2.48. The summed E-state index contributed by atoms with van der Waals surface area (Å²) in [7, 11) is 0. The fraction of sp³-hybridized carbons (Fsp3) is 0.600. The zero-order valence-electron chi connectivity index (χ0n) is 10.8. The number of benzene rings is 1. The van der Waals surface area contributed by atoms with Crippen molar-refractivity contribution in [2.24, 2.45) is 0 Å². The van der Waals surface area contributed by atoms with Crippen LogP contribution in [-0.4, -0.2) is 0 Å². The van der Waals surface area contributed by atoms with Crippen LogP contribution in [-0.2, 0) is 5.41 Å². The topological polar surface area (TPSA) is 0 Å². The van der Waals surface area contributed by atoms with Crippen molar-refractivity contribution in [3.63, 3.8) is 0 Å². The Labute approximate surface area is 94.7 Å². The second-order valence-corrected chi connectivity index (χ2v) is 5.39. The van der Waals surface area contributed by atoms with Crippen molar-refractivity contribution >= 4 is 0 Å². The zero-order chi connectivity index (χ0) is 11.5. The van der Waals surface area contributed by atoms with E-state index in [4.69, 9.17) is 0 Å². The summed E-state index contributed by atoms with van der Waals surface area (Å²) in [5.41, 5.74) is 3.19. The van der Waals surface area contributed by atoms with E-state index in [0.29, 0.717) is 0 Å². The average molecular weight is 204 g/mol. The van der Waals surface area contributed by atoms with Gasteiger partial charge >= 0.3 is 0 Å². The molecule has 0 radical (unpaired) electrons. The molecule has 0 fully saturated rings. The van der Waals surface area contributed by atoms with Gasteiger partial charge in [0.1, 0.15) is 0 Å². The van der Waals surface area contributed by atoms with E-state index in [1.807, 2.05) is 0 Å². The van der Waals surface area contributed by atoms with Gasteiger partial charge in [-0.25, -0.2) is 0 Å². The Morgan fingerprint density at radius 3 is 1.73 bits per heavy atom. The molecular weight excluding hydrogens is 180 g/mol. The highest BCUT2D eigenvalue weighted by molar-refractivity contribution is 5.29. The standard InChI is InChI=1S/C15H24/c1-6-12(7-2)13-8-10-14(11-9-13)15(3,4)5/h8-12H,6-7H2,1-5H3. The molecule has 1 rings (SSSR count). The van der Waals surface area contributed by atoms with Gasteiger partial charge in [-0.3, -0.25) is 0 Å². The molecule has 1 aromatic carbocycles. The third-order valence-corrected chi connectivity index (χ3v) is 3.23. The molecule has 0 atom stereocenters. The lowest BCUT2D eigenvalue weighted by Crippen LogP contribution is -2.11. The Morgan fingerprint density at radius 2 is 1.40 bits per heavy atom. The summed E-state index contributed by atoms with van der Waals surface area (Å²) in [5, 5.41) is 0. The van der Waals surface area contributed by atoms with Gasteiger partial charge in [-0.2, -0.15) is 0 Å². The van der Waals surface area contributed by atoms with E-state index in [2.05, 4.69) is 58.9 Å². The molecule has 0 aliphatic heterocycles. The first-order chi connectivity index (χ1) is 6.99. The van der Waals surface area contributed by atoms with Crippen molar-refractivity contribution < 1.29 is 0 Å². The van der Waals surface area contributed by atoms with E-state index in [1.165, 1.54) is 24.0 Å². The van der Waals surface area contributed by atoms with E-state index < -0.39 is 0 Å². The van der Waals surface area contributed by atoms with Crippen molar-refractivity contribution in [2.75, 3.05) is 0 Å². The van der Waals surface area contributed by atoms with E-state index in [-0.39, 0.29) is 5.41 Å². The smallest absolute Gasteiger partial charge is 0.0132 e. The van der Waals surface area contributed by atoms with Crippen molar-refractivity contribution in [1.82, 2.24) is 0 Å². The van der Waals surface area contributed by atoms with Crippen LogP contribution < -0.4 is 0 Å².